The van der Waals surface area contributed by atoms with Crippen LogP contribution in [0.3, 0.4) is 0 Å². The third-order valence-electron chi connectivity index (χ3n) is 7.09. The molecule has 0 unspecified atom stereocenters. The Bertz CT molecular complexity index is 1460. The summed E-state index contributed by atoms with van der Waals surface area (Å²) < 4.78 is 29.1. The molecule has 0 fully saturated rings. The van der Waals surface area contributed by atoms with Crippen molar-refractivity contribution >= 4 is 39.1 Å². The van der Waals surface area contributed by atoms with Crippen LogP contribution in [0.4, 0.5) is 5.69 Å². The molecule has 0 heterocycles. The SMILES string of the molecule is CC[C@@H](C)NC(=O)[C@@H](C)N(Cc1ccccc1C)C(=O)CN(c1ccc(Cl)cc1C)S(=O)(=O)c1ccc(C)cc1. The highest BCUT2D eigenvalue weighted by atomic mass is 35.5. The summed E-state index contributed by atoms with van der Waals surface area (Å²) in [6, 6.07) is 18.1. The van der Waals surface area contributed by atoms with Crippen molar-refractivity contribution in [1.29, 1.82) is 0 Å². The molecule has 0 aliphatic heterocycles. The van der Waals surface area contributed by atoms with Crippen LogP contribution in [0.5, 0.6) is 0 Å². The maximum Gasteiger partial charge on any atom is 0.264 e. The summed E-state index contributed by atoms with van der Waals surface area (Å²) in [6.07, 6.45) is 0.739. The summed E-state index contributed by atoms with van der Waals surface area (Å²) in [5, 5.41) is 3.40. The Hall–Kier alpha value is -3.36. The Labute approximate surface area is 243 Å². The molecule has 214 valence electrons. The van der Waals surface area contributed by atoms with Gasteiger partial charge in [0.05, 0.1) is 10.6 Å². The van der Waals surface area contributed by atoms with Gasteiger partial charge in [-0.2, -0.15) is 0 Å². The number of hydrogen-bond acceptors (Lipinski definition) is 4. The molecule has 0 aromatic heterocycles. The minimum atomic E-state index is -4.14. The van der Waals surface area contributed by atoms with Gasteiger partial charge in [0.2, 0.25) is 11.8 Å². The molecule has 2 atom stereocenters. The van der Waals surface area contributed by atoms with E-state index in [9.17, 15) is 18.0 Å². The molecule has 0 aliphatic carbocycles. The number of aryl methyl sites for hydroxylation is 3. The van der Waals surface area contributed by atoms with E-state index in [1.54, 1.807) is 44.2 Å². The highest BCUT2D eigenvalue weighted by Crippen LogP contribution is 2.29. The Morgan fingerprint density at radius 3 is 2.17 bits per heavy atom. The first-order chi connectivity index (χ1) is 18.8. The van der Waals surface area contributed by atoms with E-state index in [1.165, 1.54) is 17.0 Å². The standard InChI is InChI=1S/C31H38ClN3O4S/c1-7-24(5)33-31(37)25(6)34(19-26-11-9-8-10-22(26)3)30(36)20-35(29-17-14-27(32)18-23(29)4)40(38,39)28-15-12-21(2)13-16-28/h8-18,24-25H,7,19-20H2,1-6H3,(H,33,37)/t24-,25-/m1/s1. The van der Waals surface area contributed by atoms with Crippen molar-refractivity contribution in [1.82, 2.24) is 10.2 Å². The van der Waals surface area contributed by atoms with E-state index in [4.69, 9.17) is 11.6 Å². The average molecular weight is 584 g/mol. The van der Waals surface area contributed by atoms with Crippen LogP contribution in [0.2, 0.25) is 5.02 Å². The first-order valence-corrected chi connectivity index (χ1v) is 15.2. The van der Waals surface area contributed by atoms with Crippen molar-refractivity contribution in [3.63, 3.8) is 0 Å². The van der Waals surface area contributed by atoms with Crippen LogP contribution in [-0.2, 0) is 26.2 Å². The number of carbonyl (C=O) groups excluding carboxylic acids is 2. The largest absolute Gasteiger partial charge is 0.352 e. The topological polar surface area (TPSA) is 86.8 Å². The summed E-state index contributed by atoms with van der Waals surface area (Å²) in [6.45, 7) is 10.7. The average Bonchev–Trinajstić information content (AvgIpc) is 2.91. The fourth-order valence-corrected chi connectivity index (χ4v) is 5.97. The van der Waals surface area contributed by atoms with Gasteiger partial charge in [-0.1, -0.05) is 60.5 Å². The lowest BCUT2D eigenvalue weighted by Crippen LogP contribution is -2.52. The Morgan fingerprint density at radius 1 is 0.925 bits per heavy atom. The molecule has 0 saturated heterocycles. The minimum absolute atomic E-state index is 0.0632. The quantitative estimate of drug-likeness (QED) is 0.309. The van der Waals surface area contributed by atoms with E-state index in [1.807, 2.05) is 52.0 Å². The molecule has 0 spiro atoms. The number of rotatable bonds is 11. The number of anilines is 1. The molecule has 3 aromatic rings. The van der Waals surface area contributed by atoms with Gasteiger partial charge in [0.1, 0.15) is 12.6 Å². The molecule has 1 N–H and O–H groups in total. The smallest absolute Gasteiger partial charge is 0.264 e. The van der Waals surface area contributed by atoms with Gasteiger partial charge in [0.15, 0.2) is 0 Å². The number of nitrogens with zero attached hydrogens (tertiary/aromatic N) is 2. The molecule has 0 bridgehead atoms. The first-order valence-electron chi connectivity index (χ1n) is 13.3. The highest BCUT2D eigenvalue weighted by Gasteiger charge is 2.33. The van der Waals surface area contributed by atoms with Crippen molar-refractivity contribution in [2.45, 2.75) is 71.5 Å². The molecule has 0 aliphatic rings. The molecule has 7 nitrogen and oxygen atoms in total. The summed E-state index contributed by atoms with van der Waals surface area (Å²) in [4.78, 5) is 28.8. The van der Waals surface area contributed by atoms with Gasteiger partial charge in [-0.25, -0.2) is 8.42 Å². The molecular weight excluding hydrogens is 546 g/mol. The van der Waals surface area contributed by atoms with E-state index in [-0.39, 0.29) is 23.4 Å². The second-order valence-corrected chi connectivity index (χ2v) is 12.5. The van der Waals surface area contributed by atoms with E-state index in [0.29, 0.717) is 16.3 Å². The van der Waals surface area contributed by atoms with Crippen molar-refractivity contribution in [2.75, 3.05) is 10.8 Å². The normalized spacial score (nSPS) is 12.9. The van der Waals surface area contributed by atoms with Crippen molar-refractivity contribution in [3.05, 3.63) is 94.0 Å². The molecule has 0 saturated carbocycles. The predicted octanol–water partition coefficient (Wildman–Crippen LogP) is 5.79. The number of sulfonamides is 1. The molecular formula is C31H38ClN3O4S. The van der Waals surface area contributed by atoms with Gasteiger partial charge in [-0.05, 0) is 88.1 Å². The van der Waals surface area contributed by atoms with E-state index >= 15 is 0 Å². The number of benzene rings is 3. The highest BCUT2D eigenvalue weighted by molar-refractivity contribution is 7.92. The lowest BCUT2D eigenvalue weighted by atomic mass is 10.1. The number of nitrogens with one attached hydrogen (secondary N) is 1. The summed E-state index contributed by atoms with van der Waals surface area (Å²) in [5.41, 5.74) is 3.69. The molecule has 40 heavy (non-hydrogen) atoms. The Morgan fingerprint density at radius 2 is 1.57 bits per heavy atom. The number of hydrogen-bond donors (Lipinski definition) is 1. The van der Waals surface area contributed by atoms with Crippen LogP contribution in [0.1, 0.15) is 49.4 Å². The maximum absolute atomic E-state index is 14.1. The monoisotopic (exact) mass is 583 g/mol. The third-order valence-corrected chi connectivity index (χ3v) is 9.09. The zero-order valence-electron chi connectivity index (χ0n) is 23.9. The lowest BCUT2D eigenvalue weighted by Gasteiger charge is -2.33. The van der Waals surface area contributed by atoms with E-state index < -0.39 is 28.5 Å². The summed E-state index contributed by atoms with van der Waals surface area (Å²) in [5.74, 6) is -0.799. The minimum Gasteiger partial charge on any atom is -0.352 e. The van der Waals surface area contributed by atoms with Gasteiger partial charge in [0.25, 0.3) is 10.0 Å². The zero-order chi connectivity index (χ0) is 29.6. The fourth-order valence-electron chi connectivity index (χ4n) is 4.27. The van der Waals surface area contributed by atoms with Crippen LogP contribution in [0.15, 0.2) is 71.6 Å². The zero-order valence-corrected chi connectivity index (χ0v) is 25.5. The summed E-state index contributed by atoms with van der Waals surface area (Å²) >= 11 is 6.17. The number of amides is 2. The van der Waals surface area contributed by atoms with Gasteiger partial charge in [-0.15, -0.1) is 0 Å². The second kappa shape index (κ2) is 13.3. The van der Waals surface area contributed by atoms with Gasteiger partial charge < -0.3 is 10.2 Å². The van der Waals surface area contributed by atoms with E-state index in [0.717, 1.165) is 27.4 Å². The molecule has 3 rings (SSSR count). The van der Waals surface area contributed by atoms with Gasteiger partial charge in [-0.3, -0.25) is 13.9 Å². The second-order valence-electron chi connectivity index (χ2n) is 10.2. The number of halogens is 1. The lowest BCUT2D eigenvalue weighted by molar-refractivity contribution is -0.139. The predicted molar refractivity (Wildman–Crippen MR) is 161 cm³/mol. The van der Waals surface area contributed by atoms with Crippen molar-refractivity contribution in [3.8, 4) is 0 Å². The first kappa shape index (κ1) is 31.2. The summed E-state index contributed by atoms with van der Waals surface area (Å²) in [7, 11) is -4.14. The van der Waals surface area contributed by atoms with Crippen molar-refractivity contribution < 1.29 is 18.0 Å². The van der Waals surface area contributed by atoms with Gasteiger partial charge >= 0.3 is 0 Å². The molecule has 2 amide bonds. The number of carbonyl (C=O) groups is 2. The van der Waals surface area contributed by atoms with Crippen LogP contribution in [0, 0.1) is 20.8 Å². The fraction of sp³-hybridized carbons (Fsp3) is 0.355. The Kier molecular flexibility index (Phi) is 10.4. The van der Waals surface area contributed by atoms with Crippen LogP contribution in [-0.4, -0.2) is 43.8 Å². The Balaban J connectivity index is 2.07. The molecule has 3 aromatic carbocycles. The third kappa shape index (κ3) is 7.43. The van der Waals surface area contributed by atoms with Crippen molar-refractivity contribution in [2.24, 2.45) is 0 Å². The van der Waals surface area contributed by atoms with Crippen LogP contribution >= 0.6 is 11.6 Å². The van der Waals surface area contributed by atoms with E-state index in [2.05, 4.69) is 5.32 Å². The molecule has 0 radical (unpaired) electrons. The van der Waals surface area contributed by atoms with Crippen LogP contribution < -0.4 is 9.62 Å². The van der Waals surface area contributed by atoms with Crippen LogP contribution in [0.25, 0.3) is 0 Å². The maximum atomic E-state index is 14.1. The molecule has 9 heteroatoms. The van der Waals surface area contributed by atoms with Gasteiger partial charge in [0, 0.05) is 17.6 Å².